The quantitative estimate of drug-likeness (QED) is 0.579. The van der Waals surface area contributed by atoms with Crippen LogP contribution < -0.4 is 16.4 Å². The molecule has 1 aliphatic rings. The Balaban J connectivity index is 1.85. The predicted octanol–water partition coefficient (Wildman–Crippen LogP) is 1.31. The molecule has 0 spiro atoms. The molecular weight excluding hydrogens is 351 g/mol. The number of carbonyl (C=O) groups excluding carboxylic acids is 1. The number of aromatic nitrogens is 3. The predicted molar refractivity (Wildman–Crippen MR) is 99.7 cm³/mol. The number of carbonyl (C=O) groups is 1. The molecule has 0 radical (unpaired) electrons. The maximum Gasteiger partial charge on any atom is 0.252 e. The number of nitrogens with one attached hydrogen (secondary N) is 2. The molecule has 27 heavy (non-hydrogen) atoms. The van der Waals surface area contributed by atoms with Crippen LogP contribution in [0.5, 0.6) is 0 Å². The molecule has 1 aliphatic heterocycles. The summed E-state index contributed by atoms with van der Waals surface area (Å²) in [5.41, 5.74) is 5.42. The van der Waals surface area contributed by atoms with Gasteiger partial charge in [0.2, 0.25) is 0 Å². The molecule has 0 aromatic carbocycles. The highest BCUT2D eigenvalue weighted by atomic mass is 19.1. The minimum Gasteiger partial charge on any atom is -0.387 e. The van der Waals surface area contributed by atoms with Crippen molar-refractivity contribution in [3.63, 3.8) is 0 Å². The zero-order chi connectivity index (χ0) is 19.6. The van der Waals surface area contributed by atoms with E-state index in [0.717, 1.165) is 19.5 Å². The first kappa shape index (κ1) is 19.2. The average molecular weight is 376 g/mol. The summed E-state index contributed by atoms with van der Waals surface area (Å²) in [6, 6.07) is 1.90. The van der Waals surface area contributed by atoms with E-state index in [0.29, 0.717) is 17.4 Å². The minimum atomic E-state index is -1.59. The Kier molecular flexibility index (Phi) is 5.43. The molecule has 146 valence electrons. The van der Waals surface area contributed by atoms with Gasteiger partial charge in [-0.3, -0.25) is 14.5 Å². The number of aliphatic hydroxyl groups is 1. The lowest BCUT2D eigenvalue weighted by Crippen LogP contribution is -2.35. The van der Waals surface area contributed by atoms with Crippen molar-refractivity contribution in [2.24, 2.45) is 5.73 Å². The molecule has 5 N–H and O–H groups in total. The Bertz CT molecular complexity index is 810. The van der Waals surface area contributed by atoms with Crippen molar-refractivity contribution in [1.82, 2.24) is 20.1 Å². The largest absolute Gasteiger partial charge is 0.387 e. The highest BCUT2D eigenvalue weighted by Gasteiger charge is 2.29. The van der Waals surface area contributed by atoms with E-state index in [4.69, 9.17) is 5.73 Å². The van der Waals surface area contributed by atoms with Gasteiger partial charge >= 0.3 is 0 Å². The third-order valence-electron chi connectivity index (χ3n) is 4.70. The first-order valence-corrected chi connectivity index (χ1v) is 8.91. The van der Waals surface area contributed by atoms with E-state index in [-0.39, 0.29) is 17.7 Å². The second-order valence-electron chi connectivity index (χ2n) is 7.35. The molecule has 3 rings (SSSR count). The van der Waals surface area contributed by atoms with Crippen LogP contribution >= 0.6 is 0 Å². The van der Waals surface area contributed by atoms with Gasteiger partial charge in [0.05, 0.1) is 40.5 Å². The molecule has 1 fully saturated rings. The van der Waals surface area contributed by atoms with Crippen LogP contribution in [0.1, 0.15) is 42.4 Å². The summed E-state index contributed by atoms with van der Waals surface area (Å²) in [5, 5.41) is 20.6. The minimum absolute atomic E-state index is 0.111. The van der Waals surface area contributed by atoms with Crippen molar-refractivity contribution in [1.29, 1.82) is 0 Å². The Labute approximate surface area is 157 Å². The van der Waals surface area contributed by atoms with Crippen LogP contribution in [0.4, 0.5) is 15.8 Å². The fraction of sp³-hybridized carbons (Fsp3) is 0.500. The number of halogens is 1. The van der Waals surface area contributed by atoms with Gasteiger partial charge in [-0.05, 0) is 32.9 Å². The van der Waals surface area contributed by atoms with E-state index in [1.54, 1.807) is 12.3 Å². The lowest BCUT2D eigenvalue weighted by atomic mass is 9.96. The summed E-state index contributed by atoms with van der Waals surface area (Å²) >= 11 is 0. The van der Waals surface area contributed by atoms with Gasteiger partial charge < -0.3 is 21.5 Å². The molecule has 3 heterocycles. The first-order chi connectivity index (χ1) is 12.8. The number of primary amides is 1. The third kappa shape index (κ3) is 4.42. The lowest BCUT2D eigenvalue weighted by molar-refractivity contribution is -0.00307. The number of pyridine rings is 1. The van der Waals surface area contributed by atoms with Crippen LogP contribution in [0.15, 0.2) is 24.7 Å². The molecule has 2 atom stereocenters. The van der Waals surface area contributed by atoms with E-state index >= 15 is 0 Å². The summed E-state index contributed by atoms with van der Waals surface area (Å²) < 4.78 is 16.2. The number of hydrogen-bond acceptors (Lipinski definition) is 6. The number of nitrogens with two attached hydrogens (primary N) is 1. The second kappa shape index (κ2) is 7.61. The Hall–Kier alpha value is -2.52. The van der Waals surface area contributed by atoms with E-state index in [9.17, 15) is 14.3 Å². The van der Waals surface area contributed by atoms with Gasteiger partial charge in [0.25, 0.3) is 5.91 Å². The fourth-order valence-electron chi connectivity index (χ4n) is 3.08. The maximum atomic E-state index is 14.3. The van der Waals surface area contributed by atoms with Gasteiger partial charge in [-0.2, -0.15) is 5.10 Å². The Morgan fingerprint density at radius 2 is 2.37 bits per heavy atom. The normalized spacial score (nSPS) is 18.4. The summed E-state index contributed by atoms with van der Waals surface area (Å²) in [6.07, 6.45) is 4.20. The Morgan fingerprint density at radius 1 is 1.59 bits per heavy atom. The van der Waals surface area contributed by atoms with Crippen molar-refractivity contribution in [2.45, 2.75) is 44.5 Å². The third-order valence-corrected chi connectivity index (χ3v) is 4.70. The molecule has 0 aliphatic carbocycles. The van der Waals surface area contributed by atoms with Crippen LogP contribution in [-0.2, 0) is 6.42 Å². The van der Waals surface area contributed by atoms with Crippen molar-refractivity contribution in [3.8, 4) is 0 Å². The van der Waals surface area contributed by atoms with Crippen molar-refractivity contribution < 1.29 is 14.3 Å². The summed E-state index contributed by atoms with van der Waals surface area (Å²) in [7, 11) is 0. The van der Waals surface area contributed by atoms with Gasteiger partial charge in [-0.25, -0.2) is 4.39 Å². The summed E-state index contributed by atoms with van der Waals surface area (Å²) in [4.78, 5) is 16.1. The standard InChI is InChI=1S/C18H25FN6O2/c1-18(2,27)15(19)7-14-16(17(20)26)13(4-6-22-14)24-11-8-23-25(10-11)12-3-5-21-9-12/h4,6,8,10,12,15,21,27H,3,5,7,9H2,1-2H3,(H2,20,26)(H,22,24)/t12-,15-/m1/s1. The zero-order valence-electron chi connectivity index (χ0n) is 15.4. The molecular formula is C18H25FN6O2. The van der Waals surface area contributed by atoms with Gasteiger partial charge in [0, 0.05) is 25.4 Å². The van der Waals surface area contributed by atoms with Crippen LogP contribution in [0, 0.1) is 0 Å². The van der Waals surface area contributed by atoms with Crippen LogP contribution in [0.2, 0.25) is 0 Å². The van der Waals surface area contributed by atoms with Crippen LogP contribution in [0.3, 0.4) is 0 Å². The molecule has 9 heteroatoms. The first-order valence-electron chi connectivity index (χ1n) is 8.91. The molecule has 0 bridgehead atoms. The summed E-state index contributed by atoms with van der Waals surface area (Å²) in [6.45, 7) is 4.56. The Morgan fingerprint density at radius 3 is 3.00 bits per heavy atom. The summed E-state index contributed by atoms with van der Waals surface area (Å²) in [5.74, 6) is -0.712. The monoisotopic (exact) mass is 376 g/mol. The maximum absolute atomic E-state index is 14.3. The lowest BCUT2D eigenvalue weighted by Gasteiger charge is -2.23. The van der Waals surface area contributed by atoms with E-state index in [1.165, 1.54) is 20.0 Å². The van der Waals surface area contributed by atoms with Gasteiger partial charge in [-0.1, -0.05) is 0 Å². The van der Waals surface area contributed by atoms with E-state index in [1.807, 2.05) is 10.9 Å². The smallest absolute Gasteiger partial charge is 0.252 e. The molecule has 1 amide bonds. The fourth-order valence-corrected chi connectivity index (χ4v) is 3.08. The number of rotatable bonds is 7. The topological polar surface area (TPSA) is 118 Å². The van der Waals surface area contributed by atoms with Gasteiger partial charge in [-0.15, -0.1) is 0 Å². The van der Waals surface area contributed by atoms with Gasteiger partial charge in [0.1, 0.15) is 6.17 Å². The zero-order valence-corrected chi connectivity index (χ0v) is 15.4. The average Bonchev–Trinajstić information content (AvgIpc) is 3.24. The number of amides is 1. The molecule has 0 unspecified atom stereocenters. The van der Waals surface area contributed by atoms with Crippen LogP contribution in [0.25, 0.3) is 0 Å². The molecule has 2 aromatic heterocycles. The number of hydrogen-bond donors (Lipinski definition) is 4. The number of anilines is 2. The number of alkyl halides is 1. The van der Waals surface area contributed by atoms with Crippen LogP contribution in [-0.4, -0.2) is 50.6 Å². The molecule has 0 saturated carbocycles. The SMILES string of the molecule is CC(C)(O)[C@H](F)Cc1nccc(Nc2cnn([C@@H]3CCNC3)c2)c1C(N)=O. The number of nitrogens with zero attached hydrogens (tertiary/aromatic N) is 3. The molecule has 1 saturated heterocycles. The van der Waals surface area contributed by atoms with Gasteiger partial charge in [0.15, 0.2) is 0 Å². The van der Waals surface area contributed by atoms with E-state index in [2.05, 4.69) is 20.7 Å². The molecule has 2 aromatic rings. The second-order valence-corrected chi connectivity index (χ2v) is 7.35. The van der Waals surface area contributed by atoms with E-state index < -0.39 is 17.7 Å². The van der Waals surface area contributed by atoms with Crippen molar-refractivity contribution in [3.05, 3.63) is 35.9 Å². The molecule has 8 nitrogen and oxygen atoms in total. The van der Waals surface area contributed by atoms with Crippen molar-refractivity contribution in [2.75, 3.05) is 18.4 Å². The highest BCUT2D eigenvalue weighted by molar-refractivity contribution is 6.00. The van der Waals surface area contributed by atoms with Crippen molar-refractivity contribution >= 4 is 17.3 Å². The highest BCUT2D eigenvalue weighted by Crippen LogP contribution is 2.26.